The van der Waals surface area contributed by atoms with Crippen LogP contribution in [-0.4, -0.2) is 37.6 Å². The number of anilines is 1. The monoisotopic (exact) mass is 624 g/mol. The van der Waals surface area contributed by atoms with Gasteiger partial charge < -0.3 is 20.1 Å². The molecule has 0 fully saturated rings. The van der Waals surface area contributed by atoms with Gasteiger partial charge in [0.2, 0.25) is 5.91 Å². The largest absolute Gasteiger partial charge is 0.416 e. The molecular formula is C31H31F3N6OS2. The van der Waals surface area contributed by atoms with Crippen molar-refractivity contribution in [1.29, 1.82) is 5.26 Å². The maximum Gasteiger partial charge on any atom is 0.416 e. The van der Waals surface area contributed by atoms with Crippen molar-refractivity contribution in [2.75, 3.05) is 11.9 Å². The number of rotatable bonds is 10. The topological polar surface area (TPSA) is 86.0 Å². The molecule has 224 valence electrons. The molecule has 0 aliphatic carbocycles. The molecule has 0 atom stereocenters. The number of aryl methyl sites for hydroxylation is 1. The van der Waals surface area contributed by atoms with Crippen molar-refractivity contribution < 1.29 is 18.0 Å². The Morgan fingerprint density at radius 1 is 1.16 bits per heavy atom. The first-order chi connectivity index (χ1) is 20.3. The lowest BCUT2D eigenvalue weighted by Crippen LogP contribution is -2.53. The van der Waals surface area contributed by atoms with Crippen LogP contribution in [0.15, 0.2) is 72.5 Å². The maximum atomic E-state index is 13.8. The molecule has 1 amide bonds. The molecule has 2 aromatic carbocycles. The fourth-order valence-electron chi connectivity index (χ4n) is 4.64. The number of amides is 1. The summed E-state index contributed by atoms with van der Waals surface area (Å²) in [6.45, 7) is 6.07. The SMILES string of the molecule is Cc1csc(NC(=S)N(Cc2ccccc2C(F)(F)F)CC(C)(C)NC(=O)Cc2cncn2Cc2ccc(C#N)cc2)c1. The fourth-order valence-corrected chi connectivity index (χ4v) is 5.74. The first-order valence-corrected chi connectivity index (χ1v) is 14.7. The van der Waals surface area contributed by atoms with Crippen molar-refractivity contribution in [3.05, 3.63) is 106 Å². The summed E-state index contributed by atoms with van der Waals surface area (Å²) < 4.78 is 43.3. The molecule has 12 heteroatoms. The van der Waals surface area contributed by atoms with Gasteiger partial charge in [0.1, 0.15) is 0 Å². The lowest BCUT2D eigenvalue weighted by atomic mass is 10.0. The number of benzene rings is 2. The molecular weight excluding hydrogens is 594 g/mol. The molecule has 4 rings (SSSR count). The van der Waals surface area contributed by atoms with Gasteiger partial charge in [0.15, 0.2) is 5.11 Å². The third kappa shape index (κ3) is 8.89. The van der Waals surface area contributed by atoms with E-state index in [0.717, 1.165) is 22.2 Å². The highest BCUT2D eigenvalue weighted by Crippen LogP contribution is 2.33. The Morgan fingerprint density at radius 3 is 2.53 bits per heavy atom. The number of hydrogen-bond acceptors (Lipinski definition) is 5. The Hall–Kier alpha value is -4.21. The number of aromatic nitrogens is 2. The molecule has 2 aromatic heterocycles. The van der Waals surface area contributed by atoms with E-state index in [1.165, 1.54) is 23.5 Å². The molecule has 0 saturated carbocycles. The van der Waals surface area contributed by atoms with Crippen molar-refractivity contribution in [2.45, 2.75) is 52.0 Å². The number of halogens is 3. The van der Waals surface area contributed by atoms with Gasteiger partial charge in [-0.1, -0.05) is 30.3 Å². The minimum atomic E-state index is -4.52. The summed E-state index contributed by atoms with van der Waals surface area (Å²) >= 11 is 7.12. The third-order valence-corrected chi connectivity index (χ3v) is 7.90. The van der Waals surface area contributed by atoms with Crippen LogP contribution >= 0.6 is 23.6 Å². The Bertz CT molecular complexity index is 1620. The number of thiocarbonyl (C=S) groups is 1. The van der Waals surface area contributed by atoms with Crippen molar-refractivity contribution in [3.63, 3.8) is 0 Å². The van der Waals surface area contributed by atoms with Crippen LogP contribution in [-0.2, 0) is 30.5 Å². The molecule has 0 unspecified atom stereocenters. The van der Waals surface area contributed by atoms with Crippen LogP contribution in [0.2, 0.25) is 0 Å². The Kier molecular flexibility index (Phi) is 9.88. The smallest absolute Gasteiger partial charge is 0.349 e. The summed E-state index contributed by atoms with van der Waals surface area (Å²) in [5, 5.41) is 18.2. The molecule has 2 N–H and O–H groups in total. The molecule has 0 spiro atoms. The van der Waals surface area contributed by atoms with Crippen molar-refractivity contribution >= 4 is 39.6 Å². The van der Waals surface area contributed by atoms with Crippen molar-refractivity contribution in [3.8, 4) is 6.07 Å². The minimum absolute atomic E-state index is 0.0494. The van der Waals surface area contributed by atoms with Crippen LogP contribution < -0.4 is 10.6 Å². The molecule has 2 heterocycles. The second-order valence-electron chi connectivity index (χ2n) is 10.9. The summed E-state index contributed by atoms with van der Waals surface area (Å²) in [5.74, 6) is -0.269. The second kappa shape index (κ2) is 13.4. The number of hydrogen-bond donors (Lipinski definition) is 2. The Labute approximate surface area is 258 Å². The summed E-state index contributed by atoms with van der Waals surface area (Å²) in [6.07, 6.45) is -1.21. The second-order valence-corrected chi connectivity index (χ2v) is 12.2. The van der Waals surface area contributed by atoms with Gasteiger partial charge in [-0.25, -0.2) is 4.98 Å². The van der Waals surface area contributed by atoms with Gasteiger partial charge >= 0.3 is 6.18 Å². The molecule has 7 nitrogen and oxygen atoms in total. The molecule has 43 heavy (non-hydrogen) atoms. The highest BCUT2D eigenvalue weighted by Gasteiger charge is 2.34. The van der Waals surface area contributed by atoms with Crippen molar-refractivity contribution in [2.24, 2.45) is 0 Å². The van der Waals surface area contributed by atoms with Crippen LogP contribution in [0, 0.1) is 18.3 Å². The van der Waals surface area contributed by atoms with E-state index in [-0.39, 0.29) is 36.1 Å². The summed E-state index contributed by atoms with van der Waals surface area (Å²) in [4.78, 5) is 19.0. The number of nitriles is 1. The quantitative estimate of drug-likeness (QED) is 0.195. The highest BCUT2D eigenvalue weighted by atomic mass is 32.1. The predicted molar refractivity (Wildman–Crippen MR) is 166 cm³/mol. The van der Waals surface area contributed by atoms with Crippen LogP contribution in [0.1, 0.15) is 47.4 Å². The highest BCUT2D eigenvalue weighted by molar-refractivity contribution is 7.80. The maximum absolute atomic E-state index is 13.8. The Morgan fingerprint density at radius 2 is 1.88 bits per heavy atom. The standard InChI is InChI=1S/C31H31F3N6OS2/c1-21-12-28(43-18-21)37-29(42)39(17-24-6-4-5-7-26(24)31(32,33)34)19-30(2,3)38-27(41)13-25-15-36-20-40(25)16-23-10-8-22(14-35)9-11-23/h4-12,15,18,20H,13,16-17,19H2,1-3H3,(H,37,42)(H,38,41). The minimum Gasteiger partial charge on any atom is -0.349 e. The lowest BCUT2D eigenvalue weighted by Gasteiger charge is -2.35. The van der Waals surface area contributed by atoms with E-state index >= 15 is 0 Å². The molecule has 4 aromatic rings. The fraction of sp³-hybridized carbons (Fsp3) is 0.290. The van der Waals surface area contributed by atoms with Crippen molar-refractivity contribution in [1.82, 2.24) is 19.8 Å². The first kappa shape index (κ1) is 31.7. The molecule has 0 aliphatic heterocycles. The lowest BCUT2D eigenvalue weighted by molar-refractivity contribution is -0.138. The first-order valence-electron chi connectivity index (χ1n) is 13.4. The molecule has 0 aliphatic rings. The number of carbonyl (C=O) groups is 1. The Balaban J connectivity index is 1.48. The van der Waals surface area contributed by atoms with E-state index in [1.807, 2.05) is 35.1 Å². The number of carbonyl (C=O) groups excluding carboxylic acids is 1. The van der Waals surface area contributed by atoms with Gasteiger partial charge in [0.05, 0.1) is 40.5 Å². The van der Waals surface area contributed by atoms with Gasteiger partial charge in [-0.2, -0.15) is 18.4 Å². The van der Waals surface area contributed by atoms with Crippen LogP contribution in [0.5, 0.6) is 0 Å². The molecule has 0 saturated heterocycles. The van der Waals surface area contributed by atoms with Crippen LogP contribution in [0.25, 0.3) is 0 Å². The van der Waals surface area contributed by atoms with Gasteiger partial charge in [-0.15, -0.1) is 11.3 Å². The van der Waals surface area contributed by atoms with E-state index in [1.54, 1.807) is 49.5 Å². The van der Waals surface area contributed by atoms with Crippen LogP contribution in [0.4, 0.5) is 18.2 Å². The van der Waals surface area contributed by atoms with Gasteiger partial charge in [0.25, 0.3) is 0 Å². The third-order valence-electron chi connectivity index (χ3n) is 6.57. The van der Waals surface area contributed by atoms with E-state index in [9.17, 15) is 18.0 Å². The number of nitrogens with zero attached hydrogens (tertiary/aromatic N) is 4. The van der Waals surface area contributed by atoms with E-state index in [0.29, 0.717) is 17.8 Å². The number of imidazole rings is 1. The zero-order valence-corrected chi connectivity index (χ0v) is 25.5. The molecule has 0 radical (unpaired) electrons. The average molecular weight is 625 g/mol. The van der Waals surface area contributed by atoms with Gasteiger partial charge in [-0.05, 0) is 79.3 Å². The summed E-state index contributed by atoms with van der Waals surface area (Å²) in [5.41, 5.74) is 1.74. The number of nitrogens with one attached hydrogen (secondary N) is 2. The van der Waals surface area contributed by atoms with E-state index < -0.39 is 17.3 Å². The normalized spacial score (nSPS) is 11.6. The van der Waals surface area contributed by atoms with E-state index in [2.05, 4.69) is 21.7 Å². The zero-order valence-electron chi connectivity index (χ0n) is 23.9. The molecule has 0 bridgehead atoms. The number of alkyl halides is 3. The van der Waals surface area contributed by atoms with Crippen LogP contribution in [0.3, 0.4) is 0 Å². The van der Waals surface area contributed by atoms with E-state index in [4.69, 9.17) is 17.5 Å². The predicted octanol–water partition coefficient (Wildman–Crippen LogP) is 6.53. The zero-order chi connectivity index (χ0) is 31.2. The summed E-state index contributed by atoms with van der Waals surface area (Å²) in [6, 6.07) is 16.6. The van der Waals surface area contributed by atoms with Gasteiger partial charge in [0, 0.05) is 31.5 Å². The average Bonchev–Trinajstić information content (AvgIpc) is 3.55. The summed E-state index contributed by atoms with van der Waals surface area (Å²) in [7, 11) is 0. The number of thiophene rings is 1. The van der Waals surface area contributed by atoms with Gasteiger partial charge in [-0.3, -0.25) is 4.79 Å².